The number of esters is 1. The molecule has 0 fully saturated rings. The van der Waals surface area contributed by atoms with E-state index in [0.29, 0.717) is 0 Å². The number of hydrogen-bond donors (Lipinski definition) is 1. The van der Waals surface area contributed by atoms with E-state index in [4.69, 9.17) is 0 Å². The van der Waals surface area contributed by atoms with E-state index in [1.54, 1.807) is 13.8 Å². The number of ether oxygens (including phenoxy) is 1. The lowest BCUT2D eigenvalue weighted by atomic mass is 10.0. The molecule has 3 nitrogen and oxygen atoms in total. The van der Waals surface area contributed by atoms with E-state index in [1.807, 2.05) is 0 Å². The molecule has 0 radical (unpaired) electrons. The highest BCUT2D eigenvalue weighted by Gasteiger charge is 2.23. The van der Waals surface area contributed by atoms with Gasteiger partial charge in [0, 0.05) is 6.07 Å². The zero-order chi connectivity index (χ0) is 13.0. The van der Waals surface area contributed by atoms with Crippen molar-refractivity contribution in [2.75, 3.05) is 12.4 Å². The van der Waals surface area contributed by atoms with Crippen LogP contribution >= 0.6 is 0 Å². The van der Waals surface area contributed by atoms with Crippen molar-refractivity contribution in [1.29, 1.82) is 0 Å². The Morgan fingerprint density at radius 3 is 2.47 bits per heavy atom. The summed E-state index contributed by atoms with van der Waals surface area (Å²) < 4.78 is 30.7. The van der Waals surface area contributed by atoms with Crippen molar-refractivity contribution >= 4 is 11.7 Å². The van der Waals surface area contributed by atoms with E-state index >= 15 is 0 Å². The van der Waals surface area contributed by atoms with Crippen LogP contribution in [0.5, 0.6) is 0 Å². The molecule has 0 aliphatic rings. The van der Waals surface area contributed by atoms with Crippen LogP contribution in [0.25, 0.3) is 0 Å². The monoisotopic (exact) mass is 243 g/mol. The van der Waals surface area contributed by atoms with Gasteiger partial charge in [-0.3, -0.25) is 0 Å². The fourth-order valence-electron chi connectivity index (χ4n) is 1.40. The van der Waals surface area contributed by atoms with Gasteiger partial charge in [0.05, 0.1) is 12.8 Å². The van der Waals surface area contributed by atoms with Gasteiger partial charge in [-0.25, -0.2) is 13.6 Å². The van der Waals surface area contributed by atoms with Gasteiger partial charge in [0.15, 0.2) is 0 Å². The molecule has 94 valence electrons. The molecule has 1 atom stereocenters. The first kappa shape index (κ1) is 13.4. The average molecular weight is 243 g/mol. The third-order valence-electron chi connectivity index (χ3n) is 2.36. The van der Waals surface area contributed by atoms with Crippen molar-refractivity contribution in [3.63, 3.8) is 0 Å². The van der Waals surface area contributed by atoms with Gasteiger partial charge in [-0.05, 0) is 18.1 Å². The lowest BCUT2D eigenvalue weighted by Crippen LogP contribution is -2.35. The summed E-state index contributed by atoms with van der Waals surface area (Å²) in [4.78, 5) is 11.5. The third kappa shape index (κ3) is 3.41. The van der Waals surface area contributed by atoms with Crippen LogP contribution in [0.3, 0.4) is 0 Å². The Labute approximate surface area is 98.8 Å². The first-order valence-electron chi connectivity index (χ1n) is 5.25. The minimum Gasteiger partial charge on any atom is -0.467 e. The van der Waals surface area contributed by atoms with E-state index in [-0.39, 0.29) is 11.6 Å². The van der Waals surface area contributed by atoms with Gasteiger partial charge in [0.25, 0.3) is 0 Å². The highest BCUT2D eigenvalue weighted by Crippen LogP contribution is 2.18. The van der Waals surface area contributed by atoms with Gasteiger partial charge in [-0.2, -0.15) is 0 Å². The van der Waals surface area contributed by atoms with Crippen LogP contribution in [-0.2, 0) is 9.53 Å². The molecule has 0 aromatic heterocycles. The van der Waals surface area contributed by atoms with Gasteiger partial charge in [-0.15, -0.1) is 0 Å². The predicted molar refractivity (Wildman–Crippen MR) is 60.6 cm³/mol. The van der Waals surface area contributed by atoms with Gasteiger partial charge in [0.2, 0.25) is 0 Å². The summed E-state index contributed by atoms with van der Waals surface area (Å²) in [6.07, 6.45) is 0. The molecule has 0 saturated heterocycles. The zero-order valence-corrected chi connectivity index (χ0v) is 9.96. The SMILES string of the molecule is COC(=O)C(Nc1ccc(F)cc1F)C(C)C. The number of rotatable bonds is 4. The number of anilines is 1. The van der Waals surface area contributed by atoms with Crippen molar-refractivity contribution < 1.29 is 18.3 Å². The molecule has 0 amide bonds. The van der Waals surface area contributed by atoms with E-state index < -0.39 is 23.6 Å². The lowest BCUT2D eigenvalue weighted by Gasteiger charge is -2.21. The highest BCUT2D eigenvalue weighted by molar-refractivity contribution is 5.79. The Kier molecular flexibility index (Phi) is 4.43. The Morgan fingerprint density at radius 1 is 1.35 bits per heavy atom. The summed E-state index contributed by atoms with van der Waals surface area (Å²) in [6.45, 7) is 3.60. The van der Waals surface area contributed by atoms with Crippen LogP contribution in [0.2, 0.25) is 0 Å². The van der Waals surface area contributed by atoms with Crippen LogP contribution in [0.15, 0.2) is 18.2 Å². The molecular formula is C12H15F2NO2. The summed E-state index contributed by atoms with van der Waals surface area (Å²) in [5, 5.41) is 2.71. The topological polar surface area (TPSA) is 38.3 Å². The second kappa shape index (κ2) is 5.61. The Balaban J connectivity index is 2.90. The lowest BCUT2D eigenvalue weighted by molar-refractivity contribution is -0.142. The van der Waals surface area contributed by atoms with Crippen molar-refractivity contribution in [2.24, 2.45) is 5.92 Å². The number of nitrogens with one attached hydrogen (secondary N) is 1. The largest absolute Gasteiger partial charge is 0.467 e. The molecule has 0 aliphatic carbocycles. The summed E-state index contributed by atoms with van der Waals surface area (Å²) in [6, 6.07) is 2.47. The maximum atomic E-state index is 13.4. The summed E-state index contributed by atoms with van der Waals surface area (Å²) in [5.41, 5.74) is 0.0792. The summed E-state index contributed by atoms with van der Waals surface area (Å²) in [7, 11) is 1.26. The average Bonchev–Trinajstić information content (AvgIpc) is 2.26. The van der Waals surface area contributed by atoms with Gasteiger partial charge in [-0.1, -0.05) is 13.8 Å². The van der Waals surface area contributed by atoms with Crippen LogP contribution in [0, 0.1) is 17.6 Å². The zero-order valence-electron chi connectivity index (χ0n) is 9.96. The normalized spacial score (nSPS) is 12.4. The van der Waals surface area contributed by atoms with Crippen molar-refractivity contribution in [3.05, 3.63) is 29.8 Å². The number of benzene rings is 1. The third-order valence-corrected chi connectivity index (χ3v) is 2.36. The molecule has 1 N–H and O–H groups in total. The van der Waals surface area contributed by atoms with Crippen molar-refractivity contribution in [1.82, 2.24) is 0 Å². The Bertz CT molecular complexity index is 407. The molecule has 0 spiro atoms. The maximum Gasteiger partial charge on any atom is 0.328 e. The van der Waals surface area contributed by atoms with E-state index in [2.05, 4.69) is 10.1 Å². The van der Waals surface area contributed by atoms with Gasteiger partial charge in [0.1, 0.15) is 17.7 Å². The minimum atomic E-state index is -0.737. The standard InChI is InChI=1S/C12H15F2NO2/c1-7(2)11(12(16)17-3)15-10-5-4-8(13)6-9(10)14/h4-7,11,15H,1-3H3. The van der Waals surface area contributed by atoms with Gasteiger partial charge < -0.3 is 10.1 Å². The molecule has 0 bridgehead atoms. The first-order chi connectivity index (χ1) is 7.95. The van der Waals surface area contributed by atoms with Crippen LogP contribution in [-0.4, -0.2) is 19.1 Å². The highest BCUT2D eigenvalue weighted by atomic mass is 19.1. The molecule has 1 unspecified atom stereocenters. The number of hydrogen-bond acceptors (Lipinski definition) is 3. The van der Waals surface area contributed by atoms with Gasteiger partial charge >= 0.3 is 5.97 Å². The van der Waals surface area contributed by atoms with E-state index in [9.17, 15) is 13.6 Å². The molecule has 1 rings (SSSR count). The smallest absolute Gasteiger partial charge is 0.328 e. The van der Waals surface area contributed by atoms with E-state index in [0.717, 1.165) is 12.1 Å². The number of methoxy groups -OCH3 is 1. The van der Waals surface area contributed by atoms with Crippen molar-refractivity contribution in [3.8, 4) is 0 Å². The van der Waals surface area contributed by atoms with Crippen molar-refractivity contribution in [2.45, 2.75) is 19.9 Å². The predicted octanol–water partition coefficient (Wildman–Crippen LogP) is 2.57. The maximum absolute atomic E-state index is 13.4. The second-order valence-corrected chi connectivity index (χ2v) is 4.01. The molecule has 1 aromatic rings. The molecule has 0 saturated carbocycles. The summed E-state index contributed by atoms with van der Waals surface area (Å²) in [5.74, 6) is -1.96. The number of carbonyl (C=O) groups is 1. The molecule has 5 heteroatoms. The number of carbonyl (C=O) groups excluding carboxylic acids is 1. The molecule has 0 aliphatic heterocycles. The minimum absolute atomic E-state index is 0.0769. The van der Waals surface area contributed by atoms with Crippen LogP contribution < -0.4 is 5.32 Å². The summed E-state index contributed by atoms with van der Waals surface area (Å²) >= 11 is 0. The second-order valence-electron chi connectivity index (χ2n) is 4.01. The number of halogens is 2. The fourth-order valence-corrected chi connectivity index (χ4v) is 1.40. The molecule has 0 heterocycles. The Morgan fingerprint density at radius 2 is 2.00 bits per heavy atom. The quantitative estimate of drug-likeness (QED) is 0.826. The molecule has 17 heavy (non-hydrogen) atoms. The van der Waals surface area contributed by atoms with Crippen LogP contribution in [0.4, 0.5) is 14.5 Å². The first-order valence-corrected chi connectivity index (χ1v) is 5.25. The fraction of sp³-hybridized carbons (Fsp3) is 0.417. The molecular weight excluding hydrogens is 228 g/mol. The Hall–Kier alpha value is -1.65. The molecule has 1 aromatic carbocycles. The van der Waals surface area contributed by atoms with E-state index in [1.165, 1.54) is 13.2 Å². The van der Waals surface area contributed by atoms with Crippen LogP contribution in [0.1, 0.15) is 13.8 Å².